The van der Waals surface area contributed by atoms with Crippen LogP contribution in [0, 0.1) is 11.3 Å². The van der Waals surface area contributed by atoms with Crippen LogP contribution >= 0.6 is 11.3 Å². The van der Waals surface area contributed by atoms with Gasteiger partial charge in [-0.05, 0) is 95.8 Å². The molecule has 3 aliphatic rings. The van der Waals surface area contributed by atoms with Gasteiger partial charge in [-0.15, -0.1) is 11.3 Å². The first-order valence-corrected chi connectivity index (χ1v) is 24.2. The molecular weight excluding hydrogens is 843 g/mol. The van der Waals surface area contributed by atoms with Gasteiger partial charge in [0.25, 0.3) is 5.91 Å². The van der Waals surface area contributed by atoms with E-state index < -0.39 is 35.4 Å². The van der Waals surface area contributed by atoms with Crippen molar-refractivity contribution in [3.63, 3.8) is 0 Å². The summed E-state index contributed by atoms with van der Waals surface area (Å²) in [6.07, 6.45) is 6.23. The molecule has 0 unspecified atom stereocenters. The van der Waals surface area contributed by atoms with Crippen molar-refractivity contribution < 1.29 is 28.7 Å². The summed E-state index contributed by atoms with van der Waals surface area (Å²) in [5.74, 6) is -1.50. The van der Waals surface area contributed by atoms with E-state index in [9.17, 15) is 19.2 Å². The molecule has 0 radical (unpaired) electrons. The molecule has 16 heteroatoms. The number of nitrogens with zero attached hydrogens (tertiary/aromatic N) is 7. The van der Waals surface area contributed by atoms with Crippen molar-refractivity contribution in [2.45, 2.75) is 123 Å². The van der Waals surface area contributed by atoms with E-state index in [1.165, 1.54) is 21.2 Å². The predicted octanol–water partition coefficient (Wildman–Crippen LogP) is 6.70. The molecule has 7 rings (SSSR count). The third-order valence-corrected chi connectivity index (χ3v) is 14.3. The predicted molar refractivity (Wildman–Crippen MR) is 254 cm³/mol. The molecule has 5 atom stereocenters. The number of rotatable bonds is 9. The molecule has 3 aromatic heterocycles. The maximum Gasteiger partial charge on any atom is 0.324 e. The van der Waals surface area contributed by atoms with Gasteiger partial charge < -0.3 is 34.1 Å². The first-order valence-electron chi connectivity index (χ1n) is 23.3. The number of urea groups is 1. The highest BCUT2D eigenvalue weighted by atomic mass is 32.1. The number of thiazole rings is 1. The van der Waals surface area contributed by atoms with Gasteiger partial charge in [-0.2, -0.15) is 0 Å². The van der Waals surface area contributed by atoms with E-state index in [4.69, 9.17) is 19.4 Å². The standard InChI is InChI=1S/C49H69N9O6S/c1-11-57-40-20-19-32-24-35(40)36(44(57)34-17-14-21-50-42(34)31(4)63-10)26-49(5,6)29-64-47(61)37-18-15-23-58(53-37)46(60)38(25-41-51-39(32)28-65-41)52-45(59)43(30(2)3)55(9)48(62)56-22-13-12-16-33(27-56)54(7)8/h14,17,19-21,24,28,30-31,33,37-38,43,53H,11-13,15-16,18,22-23,25-27,29H2,1-10H3,(H,52,59)/t31-,33+,37-,38-,43-/m0/s1. The number of hydrogen-bond acceptors (Lipinski definition) is 11. The number of fused-ring (bicyclic) bond motifs is 6. The zero-order valence-corrected chi connectivity index (χ0v) is 40.8. The van der Waals surface area contributed by atoms with Gasteiger partial charge in [-0.25, -0.2) is 15.2 Å². The van der Waals surface area contributed by atoms with Crippen LogP contribution in [0.15, 0.2) is 41.9 Å². The van der Waals surface area contributed by atoms with Gasteiger partial charge in [0, 0.05) is 91.8 Å². The van der Waals surface area contributed by atoms with Crippen molar-refractivity contribution in [2.24, 2.45) is 11.3 Å². The van der Waals surface area contributed by atoms with Crippen molar-refractivity contribution in [3.05, 3.63) is 58.2 Å². The molecule has 2 saturated heterocycles. The van der Waals surface area contributed by atoms with E-state index in [0.29, 0.717) is 50.4 Å². The highest BCUT2D eigenvalue weighted by Crippen LogP contribution is 2.42. The van der Waals surface area contributed by atoms with Crippen LogP contribution < -0.4 is 10.7 Å². The van der Waals surface area contributed by atoms with Crippen LogP contribution in [0.1, 0.15) is 96.0 Å². The average Bonchev–Trinajstić information content (AvgIpc) is 3.78. The number of aromatic nitrogens is 3. The Morgan fingerprint density at radius 1 is 1.08 bits per heavy atom. The van der Waals surface area contributed by atoms with E-state index in [2.05, 4.69) is 65.2 Å². The maximum atomic E-state index is 14.7. The molecule has 3 aliphatic heterocycles. The lowest BCUT2D eigenvalue weighted by Gasteiger charge is -2.38. The second kappa shape index (κ2) is 20.3. The molecule has 4 amide bonds. The monoisotopic (exact) mass is 912 g/mol. The smallest absolute Gasteiger partial charge is 0.324 e. The molecule has 0 aliphatic carbocycles. The lowest BCUT2D eigenvalue weighted by Crippen LogP contribution is -2.62. The summed E-state index contributed by atoms with van der Waals surface area (Å²) in [5, 5.41) is 8.27. The molecule has 2 fully saturated rings. The molecule has 4 aromatic rings. The Bertz CT molecular complexity index is 2360. The summed E-state index contributed by atoms with van der Waals surface area (Å²) in [5.41, 5.74) is 9.42. The molecule has 6 heterocycles. The Morgan fingerprint density at radius 3 is 2.58 bits per heavy atom. The SMILES string of the molecule is CCn1c(-c2cccnc2[C@H](C)OC)c2c3cc(ccc31)-c1csc(n1)C[C@H](NC(=O)[C@H](C(C)C)N(C)C(=O)N1CCCC[C@@H](N(C)C)C1)C(=O)N1CCC[C@H](N1)C(=O)OCC(C)(C)C2. The minimum atomic E-state index is -1.04. The number of pyridine rings is 1. The van der Waals surface area contributed by atoms with Crippen molar-refractivity contribution in [3.8, 4) is 22.5 Å². The number of methoxy groups -OCH3 is 1. The van der Waals surface area contributed by atoms with Crippen LogP contribution in [0.25, 0.3) is 33.4 Å². The fourth-order valence-electron chi connectivity index (χ4n) is 9.80. The Kier molecular flexibility index (Phi) is 15.0. The second-order valence-electron chi connectivity index (χ2n) is 19.4. The van der Waals surface area contributed by atoms with Crippen molar-refractivity contribution in [1.82, 2.24) is 45.0 Å². The van der Waals surface area contributed by atoms with Gasteiger partial charge in [0.15, 0.2) is 0 Å². The van der Waals surface area contributed by atoms with Gasteiger partial charge in [0.1, 0.15) is 18.1 Å². The van der Waals surface area contributed by atoms with Crippen LogP contribution in [-0.2, 0) is 43.2 Å². The van der Waals surface area contributed by atoms with Gasteiger partial charge in [0.05, 0.1) is 34.8 Å². The second-order valence-corrected chi connectivity index (χ2v) is 20.4. The normalized spacial score (nSPS) is 21.8. The fraction of sp³-hybridized carbons (Fsp3) is 0.592. The Hall–Kier alpha value is -4.90. The van der Waals surface area contributed by atoms with Crippen LogP contribution in [0.2, 0.25) is 0 Å². The number of esters is 1. The first-order chi connectivity index (χ1) is 31.0. The molecule has 15 nitrogen and oxygen atoms in total. The average molecular weight is 912 g/mol. The summed E-state index contributed by atoms with van der Waals surface area (Å²) < 4.78 is 14.3. The number of likely N-dealkylation sites (N-methyl/N-ethyl adjacent to an activating group) is 2. The minimum absolute atomic E-state index is 0.112. The largest absolute Gasteiger partial charge is 0.464 e. The number of nitrogens with one attached hydrogen (secondary N) is 2. The Balaban J connectivity index is 1.27. The summed E-state index contributed by atoms with van der Waals surface area (Å²) in [6, 6.07) is 7.85. The van der Waals surface area contributed by atoms with Crippen LogP contribution in [-0.4, -0.2) is 137 Å². The van der Waals surface area contributed by atoms with Crippen LogP contribution in [0.4, 0.5) is 4.79 Å². The van der Waals surface area contributed by atoms with Gasteiger partial charge in [0.2, 0.25) is 5.91 Å². The molecule has 65 heavy (non-hydrogen) atoms. The van der Waals surface area contributed by atoms with Crippen molar-refractivity contribution in [1.29, 1.82) is 0 Å². The number of carbonyl (C=O) groups is 4. The molecular formula is C49H69N9O6S. The minimum Gasteiger partial charge on any atom is -0.464 e. The van der Waals surface area contributed by atoms with E-state index in [1.54, 1.807) is 20.4 Å². The molecule has 6 bridgehead atoms. The van der Waals surface area contributed by atoms with Crippen molar-refractivity contribution in [2.75, 3.05) is 54.5 Å². The Morgan fingerprint density at radius 2 is 1.86 bits per heavy atom. The molecule has 2 N–H and O–H groups in total. The highest BCUT2D eigenvalue weighted by Gasteiger charge is 2.39. The number of amides is 4. The van der Waals surface area contributed by atoms with Crippen LogP contribution in [0.3, 0.4) is 0 Å². The Labute approximate surface area is 388 Å². The van der Waals surface area contributed by atoms with Gasteiger partial charge in [-0.3, -0.25) is 24.4 Å². The van der Waals surface area contributed by atoms with Gasteiger partial charge >= 0.3 is 12.0 Å². The molecule has 1 aromatic carbocycles. The molecule has 352 valence electrons. The zero-order valence-electron chi connectivity index (χ0n) is 40.0. The zero-order chi connectivity index (χ0) is 46.7. The third-order valence-electron chi connectivity index (χ3n) is 13.4. The number of cyclic esters (lactones) is 1. The quantitative estimate of drug-likeness (QED) is 0.174. The summed E-state index contributed by atoms with van der Waals surface area (Å²) in [7, 11) is 7.44. The number of benzene rings is 1. The number of likely N-dealkylation sites (tertiary alicyclic amines) is 1. The number of hydrazine groups is 1. The van der Waals surface area contributed by atoms with Gasteiger partial charge in [-0.1, -0.05) is 40.2 Å². The lowest BCUT2D eigenvalue weighted by molar-refractivity contribution is -0.155. The highest BCUT2D eigenvalue weighted by molar-refractivity contribution is 7.10. The number of hydrogen-bond donors (Lipinski definition) is 2. The summed E-state index contributed by atoms with van der Waals surface area (Å²) in [4.78, 5) is 72.7. The summed E-state index contributed by atoms with van der Waals surface area (Å²) >= 11 is 1.44. The number of ether oxygens (including phenoxy) is 2. The van der Waals surface area contributed by atoms with Crippen molar-refractivity contribution >= 4 is 46.1 Å². The fourth-order valence-corrected chi connectivity index (χ4v) is 10.7. The third kappa shape index (κ3) is 10.4. The van der Waals surface area contributed by atoms with Crippen LogP contribution in [0.5, 0.6) is 0 Å². The first kappa shape index (κ1) is 48.0. The molecule has 0 saturated carbocycles. The summed E-state index contributed by atoms with van der Waals surface area (Å²) in [6.45, 7) is 14.6. The van der Waals surface area contributed by atoms with E-state index in [1.807, 2.05) is 51.2 Å². The maximum absolute atomic E-state index is 14.7. The number of aryl methyl sites for hydroxylation is 1. The lowest BCUT2D eigenvalue weighted by atomic mass is 9.84. The van der Waals surface area contributed by atoms with E-state index in [-0.39, 0.29) is 43.0 Å². The van der Waals surface area contributed by atoms with E-state index >= 15 is 0 Å². The molecule has 0 spiro atoms. The van der Waals surface area contributed by atoms with E-state index in [0.717, 1.165) is 63.9 Å². The topological polar surface area (TPSA) is 154 Å². The number of carbonyl (C=O) groups excluding carboxylic acids is 4.